The van der Waals surface area contributed by atoms with Crippen molar-refractivity contribution in [2.24, 2.45) is 4.99 Å². The van der Waals surface area contributed by atoms with E-state index in [2.05, 4.69) is 31.8 Å². The van der Waals surface area contributed by atoms with Crippen LogP contribution >= 0.6 is 0 Å². The van der Waals surface area contributed by atoms with Crippen molar-refractivity contribution in [3.8, 4) is 11.5 Å². The van der Waals surface area contributed by atoms with Gasteiger partial charge >= 0.3 is 0 Å². The number of aromatic nitrogens is 2. The van der Waals surface area contributed by atoms with E-state index in [0.29, 0.717) is 25.6 Å². The zero-order valence-electron chi connectivity index (χ0n) is 16.1. The normalized spacial score (nSPS) is 13.3. The molecule has 2 aromatic rings. The molecule has 2 heterocycles. The van der Waals surface area contributed by atoms with E-state index in [1.807, 2.05) is 32.9 Å². The number of fused-ring (bicyclic) bond motifs is 1. The molecule has 3 rings (SSSR count). The molecule has 0 saturated carbocycles. The van der Waals surface area contributed by atoms with E-state index in [0.717, 1.165) is 42.8 Å². The van der Waals surface area contributed by atoms with E-state index < -0.39 is 0 Å². The van der Waals surface area contributed by atoms with Gasteiger partial charge in [0.25, 0.3) is 0 Å². The Labute approximate surface area is 159 Å². The quantitative estimate of drug-likeness (QED) is 0.541. The molecule has 1 aromatic heterocycles. The maximum atomic E-state index is 5.42. The average molecular weight is 373 g/mol. The average Bonchev–Trinajstić information content (AvgIpc) is 3.30. The molecule has 2 N–H and O–H groups in total. The van der Waals surface area contributed by atoms with Gasteiger partial charge in [0.1, 0.15) is 0 Å². The van der Waals surface area contributed by atoms with Crippen LogP contribution in [0.3, 0.4) is 0 Å². The number of ether oxygens (including phenoxy) is 2. The van der Waals surface area contributed by atoms with Crippen LogP contribution in [0.15, 0.2) is 27.7 Å². The first-order valence-electron chi connectivity index (χ1n) is 9.39. The summed E-state index contributed by atoms with van der Waals surface area (Å²) in [5.41, 5.74) is 1.19. The fourth-order valence-corrected chi connectivity index (χ4v) is 2.63. The molecule has 0 unspecified atom stereocenters. The predicted molar refractivity (Wildman–Crippen MR) is 102 cm³/mol. The van der Waals surface area contributed by atoms with E-state index in [1.165, 1.54) is 5.56 Å². The van der Waals surface area contributed by atoms with Gasteiger partial charge in [-0.2, -0.15) is 4.98 Å². The highest BCUT2D eigenvalue weighted by Crippen LogP contribution is 2.32. The van der Waals surface area contributed by atoms with E-state index in [-0.39, 0.29) is 5.92 Å². The number of nitrogens with zero attached hydrogens (tertiary/aromatic N) is 3. The molecule has 1 aliphatic heterocycles. The van der Waals surface area contributed by atoms with Gasteiger partial charge in [-0.1, -0.05) is 25.1 Å². The first-order chi connectivity index (χ1) is 13.2. The minimum absolute atomic E-state index is 0.265. The molecule has 0 fully saturated rings. The molecule has 0 amide bonds. The Morgan fingerprint density at radius 3 is 2.81 bits per heavy atom. The third-order valence-electron chi connectivity index (χ3n) is 4.08. The Bertz CT molecular complexity index is 772. The Hall–Kier alpha value is -2.77. The van der Waals surface area contributed by atoms with Gasteiger partial charge in [0, 0.05) is 25.4 Å². The van der Waals surface area contributed by atoms with Crippen LogP contribution in [0, 0.1) is 0 Å². The summed E-state index contributed by atoms with van der Waals surface area (Å²) in [5.74, 6) is 4.03. The minimum Gasteiger partial charge on any atom is -0.454 e. The molecular weight excluding hydrogens is 346 g/mol. The first-order valence-corrected chi connectivity index (χ1v) is 9.39. The largest absolute Gasteiger partial charge is 0.454 e. The highest BCUT2D eigenvalue weighted by molar-refractivity contribution is 5.79. The Kier molecular flexibility index (Phi) is 6.51. The molecule has 0 bridgehead atoms. The van der Waals surface area contributed by atoms with Crippen molar-refractivity contribution >= 4 is 5.96 Å². The van der Waals surface area contributed by atoms with Crippen LogP contribution in [0.2, 0.25) is 0 Å². The number of guanidine groups is 1. The molecule has 0 spiro atoms. The van der Waals surface area contributed by atoms with Crippen molar-refractivity contribution in [3.05, 3.63) is 35.5 Å². The molecule has 1 aliphatic rings. The van der Waals surface area contributed by atoms with Crippen molar-refractivity contribution in [1.29, 1.82) is 0 Å². The summed E-state index contributed by atoms with van der Waals surface area (Å²) in [6, 6.07) is 6.03. The monoisotopic (exact) mass is 373 g/mol. The first kappa shape index (κ1) is 19.0. The van der Waals surface area contributed by atoms with E-state index in [9.17, 15) is 0 Å². The van der Waals surface area contributed by atoms with Gasteiger partial charge < -0.3 is 24.6 Å². The van der Waals surface area contributed by atoms with Crippen LogP contribution in [0.1, 0.15) is 44.0 Å². The highest BCUT2D eigenvalue weighted by Gasteiger charge is 2.13. The summed E-state index contributed by atoms with van der Waals surface area (Å²) in [7, 11) is 0. The molecule has 8 nitrogen and oxygen atoms in total. The summed E-state index contributed by atoms with van der Waals surface area (Å²) in [4.78, 5) is 8.95. The second kappa shape index (κ2) is 9.25. The molecule has 0 atom stereocenters. The summed E-state index contributed by atoms with van der Waals surface area (Å²) >= 11 is 0. The lowest BCUT2D eigenvalue weighted by Gasteiger charge is -2.11. The van der Waals surface area contributed by atoms with Crippen molar-refractivity contribution in [1.82, 2.24) is 20.8 Å². The topological polar surface area (TPSA) is 93.8 Å². The van der Waals surface area contributed by atoms with Crippen LogP contribution in [-0.2, 0) is 12.8 Å². The van der Waals surface area contributed by atoms with Crippen molar-refractivity contribution in [2.75, 3.05) is 26.4 Å². The number of rotatable bonds is 8. The van der Waals surface area contributed by atoms with Gasteiger partial charge in [-0.25, -0.2) is 0 Å². The minimum atomic E-state index is 0.265. The van der Waals surface area contributed by atoms with Gasteiger partial charge in [0.15, 0.2) is 23.3 Å². The predicted octanol–water partition coefficient (Wildman–Crippen LogP) is 2.26. The summed E-state index contributed by atoms with van der Waals surface area (Å²) < 4.78 is 16.0. The number of nitrogens with one attached hydrogen (secondary N) is 2. The second-order valence-electron chi connectivity index (χ2n) is 6.58. The van der Waals surface area contributed by atoms with E-state index in [4.69, 9.17) is 14.0 Å². The number of hydrogen-bond donors (Lipinski definition) is 2. The van der Waals surface area contributed by atoms with Gasteiger partial charge in [0.2, 0.25) is 12.7 Å². The zero-order valence-corrected chi connectivity index (χ0v) is 16.1. The zero-order chi connectivity index (χ0) is 19.1. The van der Waals surface area contributed by atoms with Crippen LogP contribution in [0.5, 0.6) is 11.5 Å². The SMILES string of the molecule is CCNC(=NCCc1nc(C(C)C)no1)NCCc1ccc2c(c1)OCO2. The lowest BCUT2D eigenvalue weighted by molar-refractivity contribution is 0.174. The van der Waals surface area contributed by atoms with Gasteiger partial charge in [-0.05, 0) is 31.0 Å². The lowest BCUT2D eigenvalue weighted by atomic mass is 10.1. The van der Waals surface area contributed by atoms with Crippen LogP contribution in [-0.4, -0.2) is 42.5 Å². The highest BCUT2D eigenvalue weighted by atomic mass is 16.7. The van der Waals surface area contributed by atoms with Gasteiger partial charge in [-0.15, -0.1) is 0 Å². The molecular formula is C19H27N5O3. The Morgan fingerprint density at radius 1 is 1.19 bits per heavy atom. The third kappa shape index (κ3) is 5.35. The van der Waals surface area contributed by atoms with Crippen LogP contribution < -0.4 is 20.1 Å². The van der Waals surface area contributed by atoms with E-state index in [1.54, 1.807) is 0 Å². The fraction of sp³-hybridized carbons (Fsp3) is 0.526. The van der Waals surface area contributed by atoms with Crippen LogP contribution in [0.25, 0.3) is 0 Å². The molecule has 1 aromatic carbocycles. The Morgan fingerprint density at radius 2 is 2.04 bits per heavy atom. The summed E-state index contributed by atoms with van der Waals surface area (Å²) in [6.07, 6.45) is 1.49. The molecule has 0 saturated heterocycles. The molecule has 0 radical (unpaired) electrons. The standard InChI is InChI=1S/C19H27N5O3/c1-4-20-19(22-10-8-17-23-18(13(2)3)24-27-17)21-9-7-14-5-6-15-16(11-14)26-12-25-15/h5-6,11,13H,4,7-10,12H2,1-3H3,(H2,20,21,22). The smallest absolute Gasteiger partial charge is 0.231 e. The van der Waals surface area contributed by atoms with Crippen molar-refractivity contribution in [2.45, 2.75) is 39.5 Å². The molecule has 27 heavy (non-hydrogen) atoms. The van der Waals surface area contributed by atoms with Gasteiger partial charge in [0.05, 0.1) is 6.54 Å². The van der Waals surface area contributed by atoms with Gasteiger partial charge in [-0.3, -0.25) is 4.99 Å². The Balaban J connectivity index is 1.47. The number of aliphatic imine (C=N–C) groups is 1. The van der Waals surface area contributed by atoms with Crippen molar-refractivity contribution < 1.29 is 14.0 Å². The fourth-order valence-electron chi connectivity index (χ4n) is 2.63. The van der Waals surface area contributed by atoms with Crippen molar-refractivity contribution in [3.63, 3.8) is 0 Å². The maximum absolute atomic E-state index is 5.42. The third-order valence-corrected chi connectivity index (χ3v) is 4.08. The second-order valence-corrected chi connectivity index (χ2v) is 6.58. The summed E-state index contributed by atoms with van der Waals surface area (Å²) in [5, 5.41) is 10.6. The van der Waals surface area contributed by atoms with Crippen LogP contribution in [0.4, 0.5) is 0 Å². The maximum Gasteiger partial charge on any atom is 0.231 e. The molecule has 146 valence electrons. The lowest BCUT2D eigenvalue weighted by Crippen LogP contribution is -2.38. The van der Waals surface area contributed by atoms with E-state index >= 15 is 0 Å². The number of hydrogen-bond acceptors (Lipinski definition) is 6. The summed E-state index contributed by atoms with van der Waals surface area (Å²) in [6.45, 7) is 8.58. The molecule has 8 heteroatoms. The molecule has 0 aliphatic carbocycles. The number of benzene rings is 1.